The minimum Gasteiger partial charge on any atom is -0.478 e. The maximum absolute atomic E-state index is 9.62. The van der Waals surface area contributed by atoms with Gasteiger partial charge >= 0.3 is 5.97 Å². The van der Waals surface area contributed by atoms with Crippen LogP contribution in [0.2, 0.25) is 0 Å². The predicted octanol–water partition coefficient (Wildman–Crippen LogP) is 2.09. The van der Waals surface area contributed by atoms with Crippen LogP contribution in [0, 0.1) is 0 Å². The van der Waals surface area contributed by atoms with Gasteiger partial charge in [0.25, 0.3) is 3.79 Å². The van der Waals surface area contributed by atoms with Crippen LogP contribution < -0.4 is 0 Å². The molecule has 0 heterocycles. The van der Waals surface area contributed by atoms with Crippen molar-refractivity contribution in [2.24, 2.45) is 0 Å². The summed E-state index contributed by atoms with van der Waals surface area (Å²) in [7, 11) is 17.0. The SMILES string of the molecule is C[N+](C)(C)C.C[N+](C)(C)C.O=C(O)C(Cl)(Cl)Cl. The first-order valence-electron chi connectivity index (χ1n) is 4.82. The van der Waals surface area contributed by atoms with Crippen LogP contribution in [0.15, 0.2) is 0 Å². The van der Waals surface area contributed by atoms with Crippen LogP contribution in [0.3, 0.4) is 0 Å². The molecule has 0 aliphatic rings. The lowest BCUT2D eigenvalue weighted by molar-refractivity contribution is -0.849. The molecule has 1 N–H and O–H groups in total. The lowest BCUT2D eigenvalue weighted by Gasteiger charge is -2.14. The molecule has 0 radical (unpaired) electrons. The second-order valence-corrected chi connectivity index (χ2v) is 8.45. The zero-order valence-electron chi connectivity index (χ0n) is 11.9. The van der Waals surface area contributed by atoms with Gasteiger partial charge in [0.2, 0.25) is 0 Å². The summed E-state index contributed by atoms with van der Waals surface area (Å²) in [4.78, 5) is 9.62. The maximum atomic E-state index is 9.62. The number of quaternary nitrogens is 2. The van der Waals surface area contributed by atoms with E-state index in [1.165, 1.54) is 0 Å². The van der Waals surface area contributed by atoms with Gasteiger partial charge in [-0.3, -0.25) is 0 Å². The van der Waals surface area contributed by atoms with E-state index in [4.69, 9.17) is 39.9 Å². The number of hydrogen-bond donors (Lipinski definition) is 1. The molecule has 0 unspecified atom stereocenters. The van der Waals surface area contributed by atoms with Crippen molar-refractivity contribution < 1.29 is 18.9 Å². The van der Waals surface area contributed by atoms with Crippen molar-refractivity contribution in [1.29, 1.82) is 0 Å². The van der Waals surface area contributed by atoms with Crippen molar-refractivity contribution in [3.8, 4) is 0 Å². The van der Waals surface area contributed by atoms with Crippen molar-refractivity contribution in [3.05, 3.63) is 0 Å². The molecule has 106 valence electrons. The molecule has 0 amide bonds. The highest BCUT2D eigenvalue weighted by atomic mass is 35.6. The summed E-state index contributed by atoms with van der Waals surface area (Å²) < 4.78 is -0.167. The van der Waals surface area contributed by atoms with E-state index in [1.807, 2.05) is 0 Å². The van der Waals surface area contributed by atoms with E-state index < -0.39 is 9.76 Å². The molecule has 0 aromatic carbocycles. The van der Waals surface area contributed by atoms with Crippen molar-refractivity contribution in [2.75, 3.05) is 56.4 Å². The van der Waals surface area contributed by atoms with E-state index in [-0.39, 0.29) is 0 Å². The molecule has 0 atom stereocenters. The Morgan fingerprint density at radius 2 is 0.882 bits per heavy atom. The average Bonchev–Trinajstić information content (AvgIpc) is 1.74. The minimum atomic E-state index is -2.17. The Hall–Kier alpha value is 0.260. The smallest absolute Gasteiger partial charge is 0.356 e. The maximum Gasteiger partial charge on any atom is 0.356 e. The number of rotatable bonds is 0. The van der Waals surface area contributed by atoms with Crippen molar-refractivity contribution in [2.45, 2.75) is 3.79 Å². The summed E-state index contributed by atoms with van der Waals surface area (Å²) in [5, 5.41) is 7.85. The van der Waals surface area contributed by atoms with Crippen LogP contribution in [0.25, 0.3) is 0 Å². The third kappa shape index (κ3) is 84.4. The van der Waals surface area contributed by atoms with E-state index in [9.17, 15) is 4.79 Å². The number of nitrogens with zero attached hydrogens (tertiary/aromatic N) is 2. The van der Waals surface area contributed by atoms with Gasteiger partial charge in [0.15, 0.2) is 0 Å². The Morgan fingerprint density at radius 1 is 0.824 bits per heavy atom. The number of aliphatic carboxylic acids is 1. The predicted molar refractivity (Wildman–Crippen MR) is 75.8 cm³/mol. The molecule has 0 rings (SSSR count). The van der Waals surface area contributed by atoms with Crippen LogP contribution in [-0.2, 0) is 4.79 Å². The van der Waals surface area contributed by atoms with Gasteiger partial charge in [0.1, 0.15) is 0 Å². The van der Waals surface area contributed by atoms with E-state index >= 15 is 0 Å². The van der Waals surface area contributed by atoms with E-state index in [0.29, 0.717) is 0 Å². The third-order valence-corrected chi connectivity index (χ3v) is 0.728. The lowest BCUT2D eigenvalue weighted by Crippen LogP contribution is -2.27. The van der Waals surface area contributed by atoms with E-state index in [2.05, 4.69) is 56.4 Å². The number of carbonyl (C=O) groups is 1. The molecule has 0 saturated heterocycles. The fourth-order valence-electron chi connectivity index (χ4n) is 0. The van der Waals surface area contributed by atoms with Crippen molar-refractivity contribution in [1.82, 2.24) is 0 Å². The fourth-order valence-corrected chi connectivity index (χ4v) is 0. The van der Waals surface area contributed by atoms with Gasteiger partial charge in [-0.15, -0.1) is 0 Å². The highest BCUT2D eigenvalue weighted by molar-refractivity contribution is 6.75. The number of hydrogen-bond acceptors (Lipinski definition) is 1. The first-order chi connectivity index (χ1) is 6.94. The normalized spacial score (nSPS) is 11.7. The topological polar surface area (TPSA) is 37.3 Å². The molecule has 17 heavy (non-hydrogen) atoms. The molecule has 0 aliphatic carbocycles. The monoisotopic (exact) mass is 310 g/mol. The summed E-state index contributed by atoms with van der Waals surface area (Å²) in [5.74, 6) is -1.46. The van der Waals surface area contributed by atoms with Gasteiger partial charge in [0, 0.05) is 0 Å². The molecule has 0 aromatic rings. The molecule has 0 bridgehead atoms. The first kappa shape index (κ1) is 22.4. The highest BCUT2D eigenvalue weighted by Gasteiger charge is 2.29. The standard InChI is InChI=1S/2C4H12N.C2HCl3O2/c2*1-5(2,3)4;3-2(4,5)1(6)7/h2*1-4H3;(H,6,7)/q2*+1;. The third-order valence-electron chi connectivity index (χ3n) is 0.243. The Kier molecular flexibility index (Phi) is 11.1. The summed E-state index contributed by atoms with van der Waals surface area (Å²) >= 11 is 14.4. The van der Waals surface area contributed by atoms with Gasteiger partial charge in [-0.2, -0.15) is 0 Å². The zero-order valence-corrected chi connectivity index (χ0v) is 14.2. The Morgan fingerprint density at radius 3 is 0.882 bits per heavy atom. The van der Waals surface area contributed by atoms with Gasteiger partial charge in [0.05, 0.1) is 56.4 Å². The minimum absolute atomic E-state index is 1.00. The quantitative estimate of drug-likeness (QED) is 0.549. The summed E-state index contributed by atoms with van der Waals surface area (Å²) in [6.07, 6.45) is 0. The molecule has 0 aromatic heterocycles. The van der Waals surface area contributed by atoms with Gasteiger partial charge < -0.3 is 14.1 Å². The molecular weight excluding hydrogens is 286 g/mol. The Bertz CT molecular complexity index is 191. The number of carboxylic acids is 1. The van der Waals surface area contributed by atoms with Gasteiger partial charge in [-0.25, -0.2) is 4.79 Å². The second kappa shape index (κ2) is 8.38. The van der Waals surface area contributed by atoms with Crippen LogP contribution in [0.4, 0.5) is 0 Å². The summed E-state index contributed by atoms with van der Waals surface area (Å²) in [6.45, 7) is 0. The van der Waals surface area contributed by atoms with Crippen LogP contribution in [0.1, 0.15) is 0 Å². The molecule has 0 fully saturated rings. The zero-order chi connectivity index (χ0) is 15.1. The number of halogens is 3. The number of carboxylic acid groups (broad SMARTS) is 1. The van der Waals surface area contributed by atoms with Gasteiger partial charge in [-0.1, -0.05) is 34.8 Å². The molecule has 0 saturated carbocycles. The molecule has 7 heteroatoms. The van der Waals surface area contributed by atoms with Crippen LogP contribution in [-0.4, -0.2) is 80.2 Å². The van der Waals surface area contributed by atoms with E-state index in [0.717, 1.165) is 8.97 Å². The van der Waals surface area contributed by atoms with Crippen molar-refractivity contribution >= 4 is 40.8 Å². The van der Waals surface area contributed by atoms with Crippen LogP contribution in [0.5, 0.6) is 0 Å². The second-order valence-electron chi connectivity index (χ2n) is 6.17. The summed E-state index contributed by atoms with van der Waals surface area (Å²) in [6, 6.07) is 0. The lowest BCUT2D eigenvalue weighted by atomic mass is 10.8. The Balaban J connectivity index is -0.000000177. The fraction of sp³-hybridized carbons (Fsp3) is 0.900. The highest BCUT2D eigenvalue weighted by Crippen LogP contribution is 2.25. The summed E-state index contributed by atoms with van der Waals surface area (Å²) in [5.41, 5.74) is 0. The Labute approximate surface area is 120 Å². The molecule has 4 nitrogen and oxygen atoms in total. The van der Waals surface area contributed by atoms with E-state index in [1.54, 1.807) is 0 Å². The van der Waals surface area contributed by atoms with Gasteiger partial charge in [-0.05, 0) is 0 Å². The van der Waals surface area contributed by atoms with Crippen LogP contribution >= 0.6 is 34.8 Å². The molecular formula is C10H25Cl3N2O2+2. The molecule has 0 aliphatic heterocycles. The average molecular weight is 312 g/mol. The molecule has 0 spiro atoms. The van der Waals surface area contributed by atoms with Crippen molar-refractivity contribution in [3.63, 3.8) is 0 Å². The first-order valence-corrected chi connectivity index (χ1v) is 5.96. The largest absolute Gasteiger partial charge is 0.478 e. The number of alkyl halides is 3.